The number of hydrogen-bond donors (Lipinski definition) is 0. The summed E-state index contributed by atoms with van der Waals surface area (Å²) < 4.78 is 1.17. The lowest BCUT2D eigenvalue weighted by Gasteiger charge is -2.09. The fourth-order valence-corrected chi connectivity index (χ4v) is 2.95. The minimum atomic E-state index is 1.08. The Morgan fingerprint density at radius 1 is 1.06 bits per heavy atom. The summed E-state index contributed by atoms with van der Waals surface area (Å²) in [7, 11) is 0. The molecule has 0 nitrogen and oxygen atoms in total. The molecule has 1 aliphatic carbocycles. The highest BCUT2D eigenvalue weighted by molar-refractivity contribution is 9.10. The quantitative estimate of drug-likeness (QED) is 0.685. The van der Waals surface area contributed by atoms with Crippen molar-refractivity contribution >= 4 is 22.0 Å². The van der Waals surface area contributed by atoms with Gasteiger partial charge in [-0.15, -0.1) is 0 Å². The second-order valence-corrected chi connectivity index (χ2v) is 5.48. The van der Waals surface area contributed by atoms with Crippen molar-refractivity contribution in [3.8, 4) is 11.1 Å². The molecule has 0 unspecified atom stereocenters. The standard InChI is InChI=1S/C16H13Br/c1-11-7-13-9-14(17)10-16(15(13)8-11)12-5-3-2-4-6-12/h2-6,8-10H,7H2,1H3. The topological polar surface area (TPSA) is 0 Å². The predicted octanol–water partition coefficient (Wildman–Crippen LogP) is 5.08. The van der Waals surface area contributed by atoms with Crippen LogP contribution in [0, 0.1) is 0 Å². The van der Waals surface area contributed by atoms with Crippen LogP contribution in [0.1, 0.15) is 18.1 Å². The Hall–Kier alpha value is -1.34. The number of halogens is 1. The maximum atomic E-state index is 3.61. The molecule has 0 bridgehead atoms. The summed E-state index contributed by atoms with van der Waals surface area (Å²) in [6.07, 6.45) is 3.39. The highest BCUT2D eigenvalue weighted by Crippen LogP contribution is 2.36. The second kappa shape index (κ2) is 4.15. The smallest absolute Gasteiger partial charge is 0.0184 e. The molecule has 0 N–H and O–H groups in total. The van der Waals surface area contributed by atoms with Crippen LogP contribution in [0.2, 0.25) is 0 Å². The van der Waals surface area contributed by atoms with Gasteiger partial charge in [0.1, 0.15) is 0 Å². The highest BCUT2D eigenvalue weighted by Gasteiger charge is 2.15. The molecule has 0 aliphatic heterocycles. The molecular formula is C16H13Br. The summed E-state index contributed by atoms with van der Waals surface area (Å²) in [6, 6.07) is 15.0. The van der Waals surface area contributed by atoms with Crippen molar-refractivity contribution in [2.24, 2.45) is 0 Å². The first-order chi connectivity index (χ1) is 8.24. The molecule has 0 spiro atoms. The van der Waals surface area contributed by atoms with Crippen molar-refractivity contribution in [2.45, 2.75) is 13.3 Å². The van der Waals surface area contributed by atoms with E-state index in [-0.39, 0.29) is 0 Å². The van der Waals surface area contributed by atoms with Crippen LogP contribution < -0.4 is 0 Å². The molecule has 0 radical (unpaired) electrons. The Kier molecular flexibility index (Phi) is 2.64. The van der Waals surface area contributed by atoms with E-state index >= 15 is 0 Å². The molecule has 0 saturated carbocycles. The molecule has 84 valence electrons. The van der Waals surface area contributed by atoms with Gasteiger partial charge in [-0.1, -0.05) is 57.9 Å². The van der Waals surface area contributed by atoms with Crippen LogP contribution >= 0.6 is 15.9 Å². The fraction of sp³-hybridized carbons (Fsp3) is 0.125. The molecule has 1 heteroatoms. The molecule has 0 aromatic heterocycles. The van der Waals surface area contributed by atoms with Crippen LogP contribution in [0.15, 0.2) is 52.5 Å². The molecule has 17 heavy (non-hydrogen) atoms. The highest BCUT2D eigenvalue weighted by atomic mass is 79.9. The van der Waals surface area contributed by atoms with Crippen LogP contribution in [0.25, 0.3) is 17.2 Å². The van der Waals surface area contributed by atoms with Gasteiger partial charge in [0.05, 0.1) is 0 Å². The average Bonchev–Trinajstić information content (AvgIpc) is 2.69. The Balaban J connectivity index is 2.24. The molecule has 3 rings (SSSR count). The number of rotatable bonds is 1. The molecule has 2 aromatic carbocycles. The van der Waals surface area contributed by atoms with Gasteiger partial charge in [0.25, 0.3) is 0 Å². The van der Waals surface area contributed by atoms with Crippen molar-refractivity contribution in [1.82, 2.24) is 0 Å². The Morgan fingerprint density at radius 2 is 1.82 bits per heavy atom. The molecule has 0 heterocycles. The van der Waals surface area contributed by atoms with Gasteiger partial charge in [-0.3, -0.25) is 0 Å². The van der Waals surface area contributed by atoms with Gasteiger partial charge in [-0.2, -0.15) is 0 Å². The van der Waals surface area contributed by atoms with Crippen molar-refractivity contribution in [1.29, 1.82) is 0 Å². The summed E-state index contributed by atoms with van der Waals surface area (Å²) in [5.41, 5.74) is 6.87. The van der Waals surface area contributed by atoms with Gasteiger partial charge in [0, 0.05) is 4.47 Å². The largest absolute Gasteiger partial charge is 0.0683 e. The molecular weight excluding hydrogens is 272 g/mol. The van der Waals surface area contributed by atoms with Crippen LogP contribution in [-0.2, 0) is 6.42 Å². The molecule has 1 aliphatic rings. The summed E-state index contributed by atoms with van der Waals surface area (Å²) in [4.78, 5) is 0. The van der Waals surface area contributed by atoms with Gasteiger partial charge in [-0.05, 0) is 47.7 Å². The first-order valence-electron chi connectivity index (χ1n) is 5.79. The number of allylic oxidation sites excluding steroid dienone is 1. The zero-order chi connectivity index (χ0) is 11.8. The third-order valence-electron chi connectivity index (χ3n) is 3.18. The average molecular weight is 285 g/mol. The normalized spacial score (nSPS) is 13.4. The van der Waals surface area contributed by atoms with Crippen LogP contribution in [0.3, 0.4) is 0 Å². The lowest BCUT2D eigenvalue weighted by atomic mass is 9.97. The van der Waals surface area contributed by atoms with E-state index in [1.165, 1.54) is 32.3 Å². The van der Waals surface area contributed by atoms with E-state index < -0.39 is 0 Å². The van der Waals surface area contributed by atoms with E-state index in [1.54, 1.807) is 0 Å². The zero-order valence-corrected chi connectivity index (χ0v) is 11.3. The summed E-state index contributed by atoms with van der Waals surface area (Å²) in [5.74, 6) is 0. The minimum Gasteiger partial charge on any atom is -0.0683 e. The fourth-order valence-electron chi connectivity index (χ4n) is 2.45. The lowest BCUT2D eigenvalue weighted by Crippen LogP contribution is -1.88. The van der Waals surface area contributed by atoms with E-state index in [1.807, 2.05) is 0 Å². The molecule has 0 saturated heterocycles. The first kappa shape index (κ1) is 10.8. The Morgan fingerprint density at radius 3 is 2.59 bits per heavy atom. The number of benzene rings is 2. The van der Waals surface area contributed by atoms with Gasteiger partial charge in [0.2, 0.25) is 0 Å². The van der Waals surface area contributed by atoms with Gasteiger partial charge in [-0.25, -0.2) is 0 Å². The first-order valence-corrected chi connectivity index (χ1v) is 6.58. The zero-order valence-electron chi connectivity index (χ0n) is 9.70. The van der Waals surface area contributed by atoms with Gasteiger partial charge in [0.15, 0.2) is 0 Å². The van der Waals surface area contributed by atoms with E-state index in [0.29, 0.717) is 0 Å². The third-order valence-corrected chi connectivity index (χ3v) is 3.63. The van der Waals surface area contributed by atoms with Gasteiger partial charge < -0.3 is 0 Å². The Labute approximate surface area is 110 Å². The maximum absolute atomic E-state index is 3.61. The third kappa shape index (κ3) is 1.96. The molecule has 0 amide bonds. The lowest BCUT2D eigenvalue weighted by molar-refractivity contribution is 1.19. The summed E-state index contributed by atoms with van der Waals surface area (Å²) in [6.45, 7) is 2.20. The maximum Gasteiger partial charge on any atom is 0.0184 e. The van der Waals surface area contributed by atoms with E-state index in [4.69, 9.17) is 0 Å². The second-order valence-electron chi connectivity index (χ2n) is 4.56. The van der Waals surface area contributed by atoms with Gasteiger partial charge >= 0.3 is 0 Å². The van der Waals surface area contributed by atoms with E-state index in [0.717, 1.165) is 6.42 Å². The number of hydrogen-bond acceptors (Lipinski definition) is 0. The van der Waals surface area contributed by atoms with Crippen LogP contribution in [-0.4, -0.2) is 0 Å². The minimum absolute atomic E-state index is 1.08. The van der Waals surface area contributed by atoms with Crippen molar-refractivity contribution in [3.05, 3.63) is 63.6 Å². The number of fused-ring (bicyclic) bond motifs is 1. The molecule has 0 atom stereocenters. The van der Waals surface area contributed by atoms with Crippen LogP contribution in [0.5, 0.6) is 0 Å². The van der Waals surface area contributed by atoms with E-state index in [2.05, 4.69) is 71.4 Å². The molecule has 0 fully saturated rings. The monoisotopic (exact) mass is 284 g/mol. The van der Waals surface area contributed by atoms with Crippen molar-refractivity contribution < 1.29 is 0 Å². The van der Waals surface area contributed by atoms with E-state index in [9.17, 15) is 0 Å². The SMILES string of the molecule is CC1=Cc2c(cc(Br)cc2-c2ccccc2)C1. The summed E-state index contributed by atoms with van der Waals surface area (Å²) in [5, 5.41) is 0. The Bertz CT molecular complexity index is 594. The molecule has 2 aromatic rings. The summed E-state index contributed by atoms with van der Waals surface area (Å²) >= 11 is 3.61. The van der Waals surface area contributed by atoms with Crippen LogP contribution in [0.4, 0.5) is 0 Å². The van der Waals surface area contributed by atoms with Crippen molar-refractivity contribution in [2.75, 3.05) is 0 Å². The predicted molar refractivity (Wildman–Crippen MR) is 76.9 cm³/mol. The van der Waals surface area contributed by atoms with Crippen molar-refractivity contribution in [3.63, 3.8) is 0 Å².